The molecule has 2 unspecified atom stereocenters. The molecule has 21 heteroatoms. The highest BCUT2D eigenvalue weighted by molar-refractivity contribution is 5.80. The van der Waals surface area contributed by atoms with E-state index in [-0.39, 0.29) is 0 Å². The number of carboxylic acids is 3. The van der Waals surface area contributed by atoms with Crippen LogP contribution >= 0.6 is 0 Å². The number of aryl methyl sites for hydroxylation is 1. The molecule has 0 spiro atoms. The van der Waals surface area contributed by atoms with Gasteiger partial charge in [-0.1, -0.05) is 12.8 Å². The normalized spacial score (nSPS) is 21.3. The molecule has 3 aliphatic heterocycles. The van der Waals surface area contributed by atoms with Crippen LogP contribution in [0.1, 0.15) is 57.1 Å². The topological polar surface area (TPSA) is 161 Å². The van der Waals surface area contributed by atoms with Crippen molar-refractivity contribution in [3.63, 3.8) is 0 Å². The SMILES string of the molecule is CN1C2CCC1CC(NCc1nn(C)c3nc(N4CCCCCC4)ccc13)C2.O=C(O)C(F)(F)F.O=C(O)C(F)(F)F.O=C(O)C(F)(F)F. The van der Waals surface area contributed by atoms with Gasteiger partial charge in [-0.15, -0.1) is 0 Å². The zero-order chi connectivity index (χ0) is 37.3. The molecule has 2 aromatic heterocycles. The largest absolute Gasteiger partial charge is 0.490 e. The summed E-state index contributed by atoms with van der Waals surface area (Å²) < 4.78 is 97.2. The molecule has 3 fully saturated rings. The van der Waals surface area contributed by atoms with Crippen LogP contribution in [0.15, 0.2) is 12.1 Å². The summed E-state index contributed by atoms with van der Waals surface area (Å²) in [5, 5.41) is 31.2. The van der Waals surface area contributed by atoms with Gasteiger partial charge in [0.05, 0.1) is 5.69 Å². The van der Waals surface area contributed by atoms with Gasteiger partial charge >= 0.3 is 36.4 Å². The summed E-state index contributed by atoms with van der Waals surface area (Å²) in [7, 11) is 4.33. The van der Waals surface area contributed by atoms with Crippen LogP contribution in [0.2, 0.25) is 0 Å². The fraction of sp³-hybridized carbons (Fsp3) is 0.679. The Balaban J connectivity index is 0.000000325. The standard InChI is InChI=1S/C22H34N6.3C2HF3O2/c1-26-17-7-8-18(26)14-16(13-17)23-15-20-19-9-10-21(24-22(19)27(2)25-20)28-11-5-3-4-6-12-28;3*3-2(4,5)1(6)7/h9-10,16-18,23H,3-8,11-15H2,1-2H3;3*(H,6,7). The third-order valence-electron chi connectivity index (χ3n) is 8.06. The Morgan fingerprint density at radius 1 is 0.776 bits per heavy atom. The molecule has 3 aliphatic rings. The molecule has 49 heavy (non-hydrogen) atoms. The van der Waals surface area contributed by atoms with Crippen LogP contribution in [-0.2, 0) is 28.0 Å². The van der Waals surface area contributed by atoms with Crippen molar-refractivity contribution in [3.05, 3.63) is 17.8 Å². The molecule has 5 heterocycles. The summed E-state index contributed by atoms with van der Waals surface area (Å²) in [6, 6.07) is 6.61. The maximum absolute atomic E-state index is 10.6. The Hall–Kier alpha value is -3.88. The fourth-order valence-electron chi connectivity index (χ4n) is 5.62. The highest BCUT2D eigenvalue weighted by Gasteiger charge is 2.40. The summed E-state index contributed by atoms with van der Waals surface area (Å²) in [6.07, 6.45) is -4.72. The van der Waals surface area contributed by atoms with Gasteiger partial charge in [-0.05, 0) is 57.7 Å². The van der Waals surface area contributed by atoms with Crippen molar-refractivity contribution < 1.29 is 69.2 Å². The number of nitrogens with zero attached hydrogens (tertiary/aromatic N) is 5. The summed E-state index contributed by atoms with van der Waals surface area (Å²) >= 11 is 0. The molecule has 2 atom stereocenters. The van der Waals surface area contributed by atoms with Crippen molar-refractivity contribution in [2.75, 3.05) is 25.0 Å². The zero-order valence-corrected chi connectivity index (χ0v) is 26.4. The monoisotopic (exact) mass is 724 g/mol. The van der Waals surface area contributed by atoms with E-state index in [4.69, 9.17) is 39.8 Å². The number of nitrogens with one attached hydrogen (secondary N) is 1. The van der Waals surface area contributed by atoms with E-state index in [1.54, 1.807) is 0 Å². The summed E-state index contributed by atoms with van der Waals surface area (Å²) in [4.78, 5) is 36.7. The molecule has 3 saturated heterocycles. The second-order valence-electron chi connectivity index (χ2n) is 11.5. The number of hydrogen-bond acceptors (Lipinski definition) is 8. The van der Waals surface area contributed by atoms with Crippen LogP contribution in [0.4, 0.5) is 45.3 Å². The predicted molar refractivity (Wildman–Crippen MR) is 155 cm³/mol. The van der Waals surface area contributed by atoms with Gasteiger partial charge < -0.3 is 30.4 Å². The molecular formula is C28H37F9N6O6. The van der Waals surface area contributed by atoms with Gasteiger partial charge in [-0.3, -0.25) is 4.68 Å². The van der Waals surface area contributed by atoms with Crippen molar-refractivity contribution >= 4 is 34.8 Å². The molecule has 278 valence electrons. The van der Waals surface area contributed by atoms with Crippen molar-refractivity contribution in [1.82, 2.24) is 25.0 Å². The molecule has 4 N–H and O–H groups in total. The van der Waals surface area contributed by atoms with Crippen LogP contribution in [0.5, 0.6) is 0 Å². The first-order chi connectivity index (χ1) is 22.5. The van der Waals surface area contributed by atoms with Crippen molar-refractivity contribution in [3.8, 4) is 0 Å². The highest BCUT2D eigenvalue weighted by Crippen LogP contribution is 2.34. The van der Waals surface area contributed by atoms with Gasteiger partial charge in [0.25, 0.3) is 0 Å². The summed E-state index contributed by atoms with van der Waals surface area (Å²) in [5.74, 6) is -7.16. The zero-order valence-electron chi connectivity index (χ0n) is 26.4. The molecule has 0 aromatic carbocycles. The quantitative estimate of drug-likeness (QED) is 0.316. The second-order valence-corrected chi connectivity index (χ2v) is 11.5. The Bertz CT molecular complexity index is 1340. The molecule has 2 bridgehead atoms. The Kier molecular flexibility index (Phi) is 14.5. The van der Waals surface area contributed by atoms with Crippen LogP contribution < -0.4 is 10.2 Å². The average molecular weight is 725 g/mol. The first kappa shape index (κ1) is 41.3. The van der Waals surface area contributed by atoms with E-state index in [0.29, 0.717) is 6.04 Å². The first-order valence-corrected chi connectivity index (χ1v) is 15.0. The third kappa shape index (κ3) is 12.8. The van der Waals surface area contributed by atoms with E-state index >= 15 is 0 Å². The van der Waals surface area contributed by atoms with Crippen molar-refractivity contribution in [2.45, 2.75) is 94.6 Å². The number of carbonyl (C=O) groups is 3. The number of aromatic nitrogens is 3. The van der Waals surface area contributed by atoms with Crippen molar-refractivity contribution in [2.24, 2.45) is 7.05 Å². The van der Waals surface area contributed by atoms with E-state index in [2.05, 4.69) is 34.3 Å². The lowest BCUT2D eigenvalue weighted by Gasteiger charge is -2.36. The maximum Gasteiger partial charge on any atom is 0.490 e. The number of halogens is 9. The number of fused-ring (bicyclic) bond motifs is 3. The Labute approximate surface area is 273 Å². The predicted octanol–water partition coefficient (Wildman–Crippen LogP) is 4.96. The van der Waals surface area contributed by atoms with Crippen LogP contribution in [0.25, 0.3) is 11.0 Å². The minimum atomic E-state index is -5.08. The number of alkyl halides is 9. The molecule has 0 amide bonds. The van der Waals surface area contributed by atoms with Crippen LogP contribution in [0, 0.1) is 0 Å². The summed E-state index contributed by atoms with van der Waals surface area (Å²) in [5.41, 5.74) is 2.15. The van der Waals surface area contributed by atoms with Crippen LogP contribution in [-0.4, -0.2) is 110 Å². The number of piperidine rings is 1. The van der Waals surface area contributed by atoms with Gasteiger partial charge in [0.15, 0.2) is 5.65 Å². The van der Waals surface area contributed by atoms with E-state index in [1.165, 1.54) is 56.8 Å². The average Bonchev–Trinajstić information content (AvgIpc) is 3.25. The maximum atomic E-state index is 10.6. The lowest BCUT2D eigenvalue weighted by Crippen LogP contribution is -2.47. The van der Waals surface area contributed by atoms with Gasteiger partial charge in [0, 0.05) is 50.2 Å². The molecule has 0 aliphatic carbocycles. The molecule has 12 nitrogen and oxygen atoms in total. The molecule has 0 saturated carbocycles. The highest BCUT2D eigenvalue weighted by atomic mass is 19.4. The van der Waals surface area contributed by atoms with E-state index in [1.807, 2.05) is 11.7 Å². The van der Waals surface area contributed by atoms with E-state index < -0.39 is 36.4 Å². The number of anilines is 1. The molecular weight excluding hydrogens is 687 g/mol. The van der Waals surface area contributed by atoms with Gasteiger partial charge in [-0.25, -0.2) is 19.4 Å². The summed E-state index contributed by atoms with van der Waals surface area (Å²) in [6.45, 7) is 3.10. The molecule has 5 rings (SSSR count). The lowest BCUT2D eigenvalue weighted by molar-refractivity contribution is -0.193. The fourth-order valence-corrected chi connectivity index (χ4v) is 5.62. The number of aliphatic carboxylic acids is 3. The van der Waals surface area contributed by atoms with Gasteiger partial charge in [0.2, 0.25) is 0 Å². The minimum Gasteiger partial charge on any atom is -0.475 e. The van der Waals surface area contributed by atoms with Gasteiger partial charge in [-0.2, -0.15) is 44.6 Å². The van der Waals surface area contributed by atoms with Crippen LogP contribution in [0.3, 0.4) is 0 Å². The number of rotatable bonds is 4. The lowest BCUT2D eigenvalue weighted by atomic mass is 9.98. The third-order valence-corrected chi connectivity index (χ3v) is 8.06. The van der Waals surface area contributed by atoms with Crippen molar-refractivity contribution in [1.29, 1.82) is 0 Å². The number of pyridine rings is 1. The van der Waals surface area contributed by atoms with Gasteiger partial charge in [0.1, 0.15) is 5.82 Å². The minimum absolute atomic E-state index is 0.620. The smallest absolute Gasteiger partial charge is 0.475 e. The Morgan fingerprint density at radius 3 is 1.61 bits per heavy atom. The first-order valence-electron chi connectivity index (χ1n) is 15.0. The Morgan fingerprint density at radius 2 is 1.20 bits per heavy atom. The second kappa shape index (κ2) is 17.2. The van der Waals surface area contributed by atoms with E-state index in [9.17, 15) is 39.5 Å². The number of hydrogen-bond donors (Lipinski definition) is 4. The van der Waals surface area contributed by atoms with E-state index in [0.717, 1.165) is 48.9 Å². The molecule has 2 aromatic rings. The molecule has 0 radical (unpaired) electrons. The number of carboxylic acid groups (broad SMARTS) is 3.